The number of rotatable bonds is 3. The zero-order valence-corrected chi connectivity index (χ0v) is 12.6. The normalized spacial score (nSPS) is 11.7. The minimum absolute atomic E-state index is 0.0165. The molecule has 0 unspecified atom stereocenters. The van der Waals surface area contributed by atoms with Crippen molar-refractivity contribution in [3.8, 4) is 0 Å². The van der Waals surface area contributed by atoms with Crippen molar-refractivity contribution in [2.45, 2.75) is 9.79 Å². The molecule has 0 saturated carbocycles. The predicted molar refractivity (Wildman–Crippen MR) is 80.5 cm³/mol. The van der Waals surface area contributed by atoms with Crippen molar-refractivity contribution >= 4 is 38.6 Å². The number of carbonyl (C=O) groups is 1. The zero-order chi connectivity index (χ0) is 15.9. The quantitative estimate of drug-likeness (QED) is 0.742. The van der Waals surface area contributed by atoms with Gasteiger partial charge in [0.15, 0.2) is 6.29 Å². The molecule has 3 aromatic rings. The Kier molecular flexibility index (Phi) is 3.50. The van der Waals surface area contributed by atoms with Gasteiger partial charge >= 0.3 is 0 Å². The molecule has 0 spiro atoms. The van der Waals surface area contributed by atoms with Crippen molar-refractivity contribution in [3.63, 3.8) is 0 Å². The molecule has 1 aromatic heterocycles. The molecule has 7 heteroatoms. The van der Waals surface area contributed by atoms with Crippen molar-refractivity contribution in [3.05, 3.63) is 59.0 Å². The van der Waals surface area contributed by atoms with Crippen LogP contribution in [-0.2, 0) is 9.84 Å². The van der Waals surface area contributed by atoms with Gasteiger partial charge in [-0.15, -0.1) is 0 Å². The summed E-state index contributed by atoms with van der Waals surface area (Å²) in [7, 11) is -3.99. The number of aromatic nitrogens is 1. The molecule has 0 aliphatic carbocycles. The van der Waals surface area contributed by atoms with E-state index in [0.717, 1.165) is 0 Å². The van der Waals surface area contributed by atoms with E-state index < -0.39 is 15.7 Å². The molecule has 0 amide bonds. The molecular weight excluding hydrogens is 329 g/mol. The van der Waals surface area contributed by atoms with Gasteiger partial charge in [0.25, 0.3) is 0 Å². The standard InChI is InChI=1S/C15H9ClFNO3S/c16-9-4-6-10(7-5-9)22(20,21)15-11-2-1-3-12(17)14(11)18-13(15)8-19/h1-8,18H. The SMILES string of the molecule is O=Cc1[nH]c2c(F)cccc2c1S(=O)(=O)c1ccc(Cl)cc1. The first-order valence-electron chi connectivity index (χ1n) is 6.21. The average molecular weight is 338 g/mol. The van der Waals surface area contributed by atoms with E-state index in [1.54, 1.807) is 0 Å². The fraction of sp³-hybridized carbons (Fsp3) is 0. The summed E-state index contributed by atoms with van der Waals surface area (Å²) < 4.78 is 39.3. The molecule has 0 aliphatic rings. The van der Waals surface area contributed by atoms with Crippen LogP contribution in [0.25, 0.3) is 10.9 Å². The molecule has 0 radical (unpaired) electrons. The Hall–Kier alpha value is -2.18. The number of para-hydroxylation sites is 1. The van der Waals surface area contributed by atoms with Gasteiger partial charge in [0, 0.05) is 10.4 Å². The maximum Gasteiger partial charge on any atom is 0.209 e. The van der Waals surface area contributed by atoms with Gasteiger partial charge in [-0.25, -0.2) is 12.8 Å². The van der Waals surface area contributed by atoms with Crippen LogP contribution in [0.1, 0.15) is 10.5 Å². The van der Waals surface area contributed by atoms with Gasteiger partial charge in [-0.2, -0.15) is 0 Å². The Morgan fingerprint density at radius 3 is 2.41 bits per heavy atom. The number of hydrogen-bond acceptors (Lipinski definition) is 3. The van der Waals surface area contributed by atoms with Gasteiger partial charge in [0.05, 0.1) is 16.1 Å². The van der Waals surface area contributed by atoms with E-state index in [1.807, 2.05) is 0 Å². The summed E-state index contributed by atoms with van der Waals surface area (Å²) >= 11 is 5.75. The monoisotopic (exact) mass is 337 g/mol. The van der Waals surface area contributed by atoms with Crippen LogP contribution < -0.4 is 0 Å². The second-order valence-electron chi connectivity index (χ2n) is 4.61. The highest BCUT2D eigenvalue weighted by Gasteiger charge is 2.27. The fourth-order valence-electron chi connectivity index (χ4n) is 2.28. The molecule has 0 atom stereocenters. The predicted octanol–water partition coefficient (Wildman–Crippen LogP) is 3.61. The van der Waals surface area contributed by atoms with Crippen LogP contribution in [0.4, 0.5) is 4.39 Å². The largest absolute Gasteiger partial charge is 0.349 e. The van der Waals surface area contributed by atoms with E-state index in [9.17, 15) is 17.6 Å². The highest BCUT2D eigenvalue weighted by molar-refractivity contribution is 7.91. The smallest absolute Gasteiger partial charge is 0.209 e. The molecule has 4 nitrogen and oxygen atoms in total. The number of sulfone groups is 1. The number of aromatic amines is 1. The molecule has 2 aromatic carbocycles. The second kappa shape index (κ2) is 5.23. The topological polar surface area (TPSA) is 67.0 Å². The fourth-order valence-corrected chi connectivity index (χ4v) is 3.99. The molecule has 0 aliphatic heterocycles. The maximum absolute atomic E-state index is 13.8. The number of hydrogen-bond donors (Lipinski definition) is 1. The van der Waals surface area contributed by atoms with Crippen molar-refractivity contribution in [1.29, 1.82) is 0 Å². The third-order valence-electron chi connectivity index (χ3n) is 3.27. The van der Waals surface area contributed by atoms with Crippen LogP contribution in [0.2, 0.25) is 5.02 Å². The minimum atomic E-state index is -3.99. The maximum atomic E-state index is 13.8. The molecule has 3 rings (SSSR count). The average Bonchev–Trinajstić information content (AvgIpc) is 2.88. The Bertz CT molecular complexity index is 978. The highest BCUT2D eigenvalue weighted by atomic mass is 35.5. The first-order valence-corrected chi connectivity index (χ1v) is 8.07. The number of carbonyl (C=O) groups excluding carboxylic acids is 1. The lowest BCUT2D eigenvalue weighted by Gasteiger charge is -2.04. The van der Waals surface area contributed by atoms with Crippen LogP contribution >= 0.6 is 11.6 Å². The number of fused-ring (bicyclic) bond motifs is 1. The van der Waals surface area contributed by atoms with Gasteiger partial charge in [-0.05, 0) is 30.3 Å². The molecule has 112 valence electrons. The number of benzene rings is 2. The third kappa shape index (κ3) is 2.20. The summed E-state index contributed by atoms with van der Waals surface area (Å²) in [5.41, 5.74) is -0.202. The zero-order valence-electron chi connectivity index (χ0n) is 11.0. The van der Waals surface area contributed by atoms with Gasteiger partial charge in [-0.3, -0.25) is 4.79 Å². The Labute approximate surface area is 130 Å². The lowest BCUT2D eigenvalue weighted by molar-refractivity contribution is 0.111. The number of halogens is 2. The first-order chi connectivity index (χ1) is 10.4. The van der Waals surface area contributed by atoms with Gasteiger partial charge < -0.3 is 4.98 Å². The van der Waals surface area contributed by atoms with Crippen LogP contribution in [0.3, 0.4) is 0 Å². The first kappa shape index (κ1) is 14.7. The number of nitrogens with one attached hydrogen (secondary N) is 1. The Balaban J connectivity index is 2.35. The van der Waals surface area contributed by atoms with E-state index in [1.165, 1.54) is 42.5 Å². The molecule has 1 heterocycles. The summed E-state index contributed by atoms with van der Waals surface area (Å²) in [6.45, 7) is 0. The lowest BCUT2D eigenvalue weighted by Crippen LogP contribution is -2.04. The Morgan fingerprint density at radius 2 is 1.77 bits per heavy atom. The van der Waals surface area contributed by atoms with Crippen molar-refractivity contribution in [1.82, 2.24) is 4.98 Å². The molecular formula is C15H9ClFNO3S. The van der Waals surface area contributed by atoms with Crippen LogP contribution in [0, 0.1) is 5.82 Å². The summed E-state index contributed by atoms with van der Waals surface area (Å²) in [6.07, 6.45) is 0.363. The molecule has 22 heavy (non-hydrogen) atoms. The second-order valence-corrected chi connectivity index (χ2v) is 6.93. The van der Waals surface area contributed by atoms with E-state index in [4.69, 9.17) is 11.6 Å². The summed E-state index contributed by atoms with van der Waals surface area (Å²) in [4.78, 5) is 13.5. The van der Waals surface area contributed by atoms with Crippen molar-refractivity contribution in [2.75, 3.05) is 0 Å². The molecule has 0 fully saturated rings. The van der Waals surface area contributed by atoms with Crippen LogP contribution in [0.5, 0.6) is 0 Å². The number of H-pyrrole nitrogens is 1. The Morgan fingerprint density at radius 1 is 1.09 bits per heavy atom. The molecule has 0 bridgehead atoms. The van der Waals surface area contributed by atoms with E-state index >= 15 is 0 Å². The molecule has 1 N–H and O–H groups in total. The van der Waals surface area contributed by atoms with E-state index in [-0.39, 0.29) is 26.4 Å². The summed E-state index contributed by atoms with van der Waals surface area (Å²) in [5.74, 6) is -0.627. The van der Waals surface area contributed by atoms with Crippen LogP contribution in [0.15, 0.2) is 52.3 Å². The highest BCUT2D eigenvalue weighted by Crippen LogP contribution is 2.32. The summed E-state index contributed by atoms with van der Waals surface area (Å²) in [5, 5.41) is 0.525. The van der Waals surface area contributed by atoms with E-state index in [2.05, 4.69) is 4.98 Å². The third-order valence-corrected chi connectivity index (χ3v) is 5.40. The van der Waals surface area contributed by atoms with Crippen molar-refractivity contribution in [2.24, 2.45) is 0 Å². The lowest BCUT2D eigenvalue weighted by atomic mass is 10.2. The van der Waals surface area contributed by atoms with Gasteiger partial charge in [-0.1, -0.05) is 23.7 Å². The summed E-state index contributed by atoms with van der Waals surface area (Å²) in [6, 6.07) is 9.57. The van der Waals surface area contributed by atoms with E-state index in [0.29, 0.717) is 11.3 Å². The van der Waals surface area contributed by atoms with Crippen molar-refractivity contribution < 1.29 is 17.6 Å². The number of aldehydes is 1. The van der Waals surface area contributed by atoms with Gasteiger partial charge in [0.1, 0.15) is 10.7 Å². The van der Waals surface area contributed by atoms with Gasteiger partial charge in [0.2, 0.25) is 9.84 Å². The molecule has 0 saturated heterocycles. The minimum Gasteiger partial charge on any atom is -0.349 e. The van der Waals surface area contributed by atoms with Crippen LogP contribution in [-0.4, -0.2) is 19.7 Å².